The van der Waals surface area contributed by atoms with Crippen molar-refractivity contribution >= 4 is 26.8 Å². The molecule has 1 unspecified atom stereocenters. The predicted molar refractivity (Wildman–Crippen MR) is 146 cm³/mol. The number of sulfonamides is 1. The summed E-state index contributed by atoms with van der Waals surface area (Å²) < 4.78 is 36.5. The van der Waals surface area contributed by atoms with Crippen molar-refractivity contribution in [3.63, 3.8) is 0 Å². The third-order valence-corrected chi connectivity index (χ3v) is 8.96. The van der Waals surface area contributed by atoms with Gasteiger partial charge in [0.15, 0.2) is 0 Å². The monoisotopic (exact) mass is 543 g/mol. The van der Waals surface area contributed by atoms with Crippen LogP contribution < -0.4 is 4.74 Å². The molecule has 2 heterocycles. The summed E-state index contributed by atoms with van der Waals surface area (Å²) in [6, 6.07) is 18.3. The summed E-state index contributed by atoms with van der Waals surface area (Å²) in [7, 11) is -2.11. The second kappa shape index (κ2) is 10.2. The molecule has 1 aliphatic rings. The second-order valence-corrected chi connectivity index (χ2v) is 12.0. The first-order valence-corrected chi connectivity index (χ1v) is 14.1. The van der Waals surface area contributed by atoms with Gasteiger partial charge in [-0.3, -0.25) is 4.79 Å². The second-order valence-electron chi connectivity index (χ2n) is 10.1. The number of Topliss-reactive ketones (excluding diaryl/α,β-unsaturated/α-hetero) is 1. The third kappa shape index (κ3) is 5.15. The zero-order chi connectivity index (χ0) is 27.9. The lowest BCUT2D eigenvalue weighted by Gasteiger charge is -2.24. The van der Waals surface area contributed by atoms with Gasteiger partial charge in [-0.2, -0.15) is 9.57 Å². The molecule has 10 heteroatoms. The van der Waals surface area contributed by atoms with Gasteiger partial charge in [0.05, 0.1) is 23.7 Å². The van der Waals surface area contributed by atoms with E-state index in [1.54, 1.807) is 17.7 Å². The molecule has 200 valence electrons. The average molecular weight is 544 g/mol. The van der Waals surface area contributed by atoms with Crippen LogP contribution in [0.15, 0.2) is 59.5 Å². The van der Waals surface area contributed by atoms with Crippen LogP contribution in [0, 0.1) is 18.3 Å². The van der Waals surface area contributed by atoms with Gasteiger partial charge in [-0.25, -0.2) is 13.1 Å². The van der Waals surface area contributed by atoms with Gasteiger partial charge in [-0.1, -0.05) is 29.5 Å². The number of hydrogen-bond acceptors (Lipinski definition) is 7. The summed E-state index contributed by atoms with van der Waals surface area (Å²) in [5, 5.41) is 17.6. The third-order valence-electron chi connectivity index (χ3n) is 7.13. The lowest BCUT2D eigenvalue weighted by atomic mass is 9.85. The highest BCUT2D eigenvalue weighted by molar-refractivity contribution is 7.89. The van der Waals surface area contributed by atoms with Crippen LogP contribution in [0.2, 0.25) is 0 Å². The summed E-state index contributed by atoms with van der Waals surface area (Å²) in [6.45, 7) is 5.62. The van der Waals surface area contributed by atoms with E-state index in [0.717, 1.165) is 33.3 Å². The van der Waals surface area contributed by atoms with E-state index in [4.69, 9.17) is 4.74 Å². The molecule has 5 rings (SSSR count). The fourth-order valence-electron chi connectivity index (χ4n) is 5.06. The number of nitriles is 1. The Hall–Kier alpha value is -4.07. The number of aromatic nitrogens is 3. The van der Waals surface area contributed by atoms with Gasteiger partial charge < -0.3 is 4.74 Å². The van der Waals surface area contributed by atoms with Crippen molar-refractivity contribution in [2.75, 3.05) is 6.54 Å². The van der Waals surface area contributed by atoms with E-state index in [1.165, 1.54) is 16.4 Å². The fourth-order valence-corrected chi connectivity index (χ4v) is 6.70. The number of carbonyl (C=O) groups is 1. The number of ether oxygens (including phenoxy) is 1. The number of aryl methyl sites for hydroxylation is 2. The Morgan fingerprint density at radius 3 is 2.64 bits per heavy atom. The van der Waals surface area contributed by atoms with Gasteiger partial charge in [-0.05, 0) is 73.4 Å². The van der Waals surface area contributed by atoms with E-state index in [1.807, 2.05) is 63.4 Å². The van der Waals surface area contributed by atoms with Crippen molar-refractivity contribution < 1.29 is 17.9 Å². The van der Waals surface area contributed by atoms with Crippen LogP contribution in [0.25, 0.3) is 11.0 Å². The lowest BCUT2D eigenvalue weighted by Crippen LogP contribution is -2.35. The molecule has 4 aromatic rings. The zero-order valence-electron chi connectivity index (χ0n) is 22.2. The van der Waals surface area contributed by atoms with Crippen molar-refractivity contribution in [3.8, 4) is 11.8 Å². The molecular formula is C29H29N5O4S. The minimum absolute atomic E-state index is 0.00793. The maximum Gasteiger partial charge on any atom is 0.247 e. The lowest BCUT2D eigenvalue weighted by molar-refractivity contribution is -0.117. The molecule has 0 bridgehead atoms. The Morgan fingerprint density at radius 1 is 1.15 bits per heavy atom. The Bertz CT molecular complexity index is 1740. The van der Waals surface area contributed by atoms with E-state index < -0.39 is 10.0 Å². The van der Waals surface area contributed by atoms with Crippen LogP contribution >= 0.6 is 0 Å². The van der Waals surface area contributed by atoms with E-state index in [2.05, 4.69) is 10.3 Å². The maximum absolute atomic E-state index is 13.7. The highest BCUT2D eigenvalue weighted by atomic mass is 32.2. The number of fused-ring (bicyclic) bond motifs is 2. The van der Waals surface area contributed by atoms with Gasteiger partial charge >= 0.3 is 0 Å². The Morgan fingerprint density at radius 2 is 1.90 bits per heavy atom. The van der Waals surface area contributed by atoms with Crippen molar-refractivity contribution in [1.29, 1.82) is 5.26 Å². The van der Waals surface area contributed by atoms with Gasteiger partial charge in [0.25, 0.3) is 0 Å². The molecule has 0 N–H and O–H groups in total. The van der Waals surface area contributed by atoms with E-state index in [9.17, 15) is 18.5 Å². The summed E-state index contributed by atoms with van der Waals surface area (Å²) in [6.07, 6.45) is -0.0903. The Labute approximate surface area is 227 Å². The number of benzene rings is 3. The first-order valence-electron chi connectivity index (χ1n) is 12.7. The standard InChI is InChI=1S/C29H29N5O4S/c1-18-5-7-22(25(11-19(2)35)23-8-9-27-26(14-23)31-32-33(27)4)13-24(18)17-34-16-20(3)38-28-10-6-21(15-30)12-29(28)39(34,36)37/h5-10,12-14,20,25H,11,16-17H2,1-4H3/t20-,25?/m1/s1. The van der Waals surface area contributed by atoms with Gasteiger partial charge in [0, 0.05) is 25.9 Å². The molecule has 2 atom stereocenters. The molecule has 3 aromatic carbocycles. The van der Waals surface area contributed by atoms with Crippen molar-refractivity contribution in [2.24, 2.45) is 7.05 Å². The molecule has 0 fully saturated rings. The largest absolute Gasteiger partial charge is 0.488 e. The summed E-state index contributed by atoms with van der Waals surface area (Å²) in [5.74, 6) is 0.0675. The molecule has 0 saturated carbocycles. The SMILES string of the molecule is CC(=O)CC(c1ccc(C)c(CN2C[C@@H](C)Oc3ccc(C#N)cc3S2(=O)=O)c1)c1ccc2c(c1)nnn2C. The molecular weight excluding hydrogens is 514 g/mol. The van der Waals surface area contributed by atoms with Crippen LogP contribution in [-0.2, 0) is 28.4 Å². The number of hydrogen-bond donors (Lipinski definition) is 0. The number of carbonyl (C=O) groups excluding carboxylic acids is 1. The van der Waals surface area contributed by atoms with Crippen LogP contribution in [0.5, 0.6) is 5.75 Å². The maximum atomic E-state index is 13.7. The van der Waals surface area contributed by atoms with Crippen LogP contribution in [-0.4, -0.2) is 46.1 Å². The van der Waals surface area contributed by atoms with E-state index >= 15 is 0 Å². The first-order chi connectivity index (χ1) is 18.6. The van der Waals surface area contributed by atoms with E-state index in [0.29, 0.717) is 6.42 Å². The normalized spacial score (nSPS) is 17.6. The predicted octanol–water partition coefficient (Wildman–Crippen LogP) is 4.23. The molecule has 9 nitrogen and oxygen atoms in total. The number of rotatable bonds is 6. The topological polar surface area (TPSA) is 118 Å². The molecule has 1 aliphatic heterocycles. The molecule has 0 amide bonds. The highest BCUT2D eigenvalue weighted by Crippen LogP contribution is 2.35. The van der Waals surface area contributed by atoms with Crippen LogP contribution in [0.4, 0.5) is 0 Å². The van der Waals surface area contributed by atoms with Crippen LogP contribution in [0.1, 0.15) is 54.0 Å². The molecule has 0 aliphatic carbocycles. The number of ketones is 1. The molecule has 39 heavy (non-hydrogen) atoms. The first kappa shape index (κ1) is 26.5. The molecule has 0 radical (unpaired) electrons. The van der Waals surface area contributed by atoms with Gasteiger partial charge in [-0.15, -0.1) is 5.10 Å². The Kier molecular flexibility index (Phi) is 6.97. The van der Waals surface area contributed by atoms with Crippen LogP contribution in [0.3, 0.4) is 0 Å². The van der Waals surface area contributed by atoms with E-state index in [-0.39, 0.29) is 47.1 Å². The minimum atomic E-state index is -3.94. The van der Waals surface area contributed by atoms with Gasteiger partial charge in [0.2, 0.25) is 10.0 Å². The summed E-state index contributed by atoms with van der Waals surface area (Å²) in [5.41, 5.74) is 5.51. The average Bonchev–Trinajstić information content (AvgIpc) is 3.23. The van der Waals surface area contributed by atoms with Crippen molar-refractivity contribution in [2.45, 2.75) is 50.7 Å². The van der Waals surface area contributed by atoms with Crippen molar-refractivity contribution in [3.05, 3.63) is 82.4 Å². The molecule has 0 spiro atoms. The summed E-state index contributed by atoms with van der Waals surface area (Å²) >= 11 is 0. The molecule has 1 aromatic heterocycles. The van der Waals surface area contributed by atoms with Crippen molar-refractivity contribution in [1.82, 2.24) is 19.3 Å². The molecule has 0 saturated heterocycles. The number of nitrogens with zero attached hydrogens (tertiary/aromatic N) is 5. The smallest absolute Gasteiger partial charge is 0.247 e. The quantitative estimate of drug-likeness (QED) is 0.357. The summed E-state index contributed by atoms with van der Waals surface area (Å²) in [4.78, 5) is 12.3. The fraction of sp³-hybridized carbons (Fsp3) is 0.310. The Balaban J connectivity index is 1.54. The van der Waals surface area contributed by atoms with Gasteiger partial charge in [0.1, 0.15) is 28.0 Å². The minimum Gasteiger partial charge on any atom is -0.488 e. The zero-order valence-corrected chi connectivity index (χ0v) is 23.1. The highest BCUT2D eigenvalue weighted by Gasteiger charge is 2.34.